The Balaban J connectivity index is 2.73. The molecule has 18 heavy (non-hydrogen) atoms. The third-order valence-corrected chi connectivity index (χ3v) is 2.62. The van der Waals surface area contributed by atoms with Crippen LogP contribution in [0.15, 0.2) is 24.3 Å². The first kappa shape index (κ1) is 14.1. The van der Waals surface area contributed by atoms with Crippen molar-refractivity contribution in [3.05, 3.63) is 35.4 Å². The fourth-order valence-electron chi connectivity index (χ4n) is 1.62. The van der Waals surface area contributed by atoms with Crippen LogP contribution in [-0.2, 0) is 22.4 Å². The molecule has 0 aliphatic carbocycles. The lowest BCUT2D eigenvalue weighted by molar-refractivity contribution is -0.437. The van der Waals surface area contributed by atoms with E-state index in [1.54, 1.807) is 24.3 Å². The average Bonchev–Trinajstić information content (AvgIpc) is 2.29. The highest BCUT2D eigenvalue weighted by molar-refractivity contribution is 5.70. The molecule has 0 fully saturated rings. The van der Waals surface area contributed by atoms with Crippen LogP contribution in [0.4, 0.5) is 0 Å². The molecule has 6 nitrogen and oxygen atoms in total. The Morgan fingerprint density at radius 1 is 1.00 bits per heavy atom. The van der Waals surface area contributed by atoms with E-state index in [0.29, 0.717) is 0 Å². The Morgan fingerprint density at radius 3 is 1.72 bits per heavy atom. The van der Waals surface area contributed by atoms with E-state index < -0.39 is 24.0 Å². The molecule has 0 saturated carbocycles. The van der Waals surface area contributed by atoms with Crippen LogP contribution in [0.3, 0.4) is 0 Å². The molecule has 1 aromatic carbocycles. The molecule has 0 aliphatic rings. The van der Waals surface area contributed by atoms with Gasteiger partial charge in [0.1, 0.15) is 12.1 Å². The molecule has 2 atom stereocenters. The molecule has 0 radical (unpaired) electrons. The van der Waals surface area contributed by atoms with Crippen molar-refractivity contribution in [2.24, 2.45) is 0 Å². The van der Waals surface area contributed by atoms with Crippen molar-refractivity contribution < 1.29 is 31.3 Å². The summed E-state index contributed by atoms with van der Waals surface area (Å²) in [6, 6.07) is 5.38. The molecule has 98 valence electrons. The summed E-state index contributed by atoms with van der Waals surface area (Å²) in [7, 11) is 0. The molecule has 1 aromatic rings. The zero-order valence-corrected chi connectivity index (χ0v) is 9.93. The highest BCUT2D eigenvalue weighted by Gasteiger charge is 2.11. The quantitative estimate of drug-likeness (QED) is 0.527. The van der Waals surface area contributed by atoms with E-state index in [1.807, 2.05) is 0 Å². The van der Waals surface area contributed by atoms with Gasteiger partial charge in [-0.05, 0) is 11.1 Å². The van der Waals surface area contributed by atoms with Gasteiger partial charge in [0.05, 0.1) is 11.9 Å². The highest BCUT2D eigenvalue weighted by atomic mass is 16.4. The zero-order chi connectivity index (χ0) is 13.7. The fourth-order valence-corrected chi connectivity index (χ4v) is 1.62. The van der Waals surface area contributed by atoms with E-state index in [4.69, 9.17) is 0 Å². The van der Waals surface area contributed by atoms with Gasteiger partial charge < -0.3 is 31.3 Å². The molecule has 0 amide bonds. The lowest BCUT2D eigenvalue weighted by Gasteiger charge is -2.12. The largest absolute Gasteiger partial charge is 0.544 e. The average molecular weight is 252 g/mol. The Morgan fingerprint density at radius 2 is 1.39 bits per heavy atom. The second-order valence-electron chi connectivity index (χ2n) is 4.26. The molecule has 0 aliphatic heterocycles. The van der Waals surface area contributed by atoms with Gasteiger partial charge in [-0.3, -0.25) is 0 Å². The van der Waals surface area contributed by atoms with Crippen molar-refractivity contribution in [2.75, 3.05) is 0 Å². The third kappa shape index (κ3) is 4.15. The van der Waals surface area contributed by atoms with Gasteiger partial charge in [0.25, 0.3) is 0 Å². The molecule has 0 unspecified atom stereocenters. The van der Waals surface area contributed by atoms with Crippen LogP contribution in [0.25, 0.3) is 0 Å². The molecule has 6 heteroatoms. The predicted molar refractivity (Wildman–Crippen MR) is 57.2 cm³/mol. The number of benzene rings is 1. The second-order valence-corrected chi connectivity index (χ2v) is 4.26. The lowest BCUT2D eigenvalue weighted by Crippen LogP contribution is -2.69. The maximum absolute atomic E-state index is 10.6. The van der Waals surface area contributed by atoms with Crippen molar-refractivity contribution in [3.63, 3.8) is 0 Å². The maximum Gasteiger partial charge on any atom is 0.129 e. The number of quaternary nitrogens is 2. The van der Waals surface area contributed by atoms with Crippen LogP contribution in [0.5, 0.6) is 0 Å². The van der Waals surface area contributed by atoms with Gasteiger partial charge in [0.15, 0.2) is 0 Å². The van der Waals surface area contributed by atoms with Gasteiger partial charge in [0, 0.05) is 12.8 Å². The standard InChI is InChI=1S/C12H16N2O4/c13-9(11(15)16)5-7-2-1-3-8(4-7)6-10(14)12(17)18/h1-4,9-10H,5-6,13-14H2,(H,15,16)(H,17,18)/t9-,10-/m1/s1. The summed E-state index contributed by atoms with van der Waals surface area (Å²) in [4.78, 5) is 21.2. The van der Waals surface area contributed by atoms with Crippen molar-refractivity contribution in [2.45, 2.75) is 24.9 Å². The summed E-state index contributed by atoms with van der Waals surface area (Å²) in [5.74, 6) is -2.41. The van der Waals surface area contributed by atoms with Crippen molar-refractivity contribution >= 4 is 11.9 Å². The first-order chi connectivity index (χ1) is 8.40. The number of carboxylic acids is 2. The van der Waals surface area contributed by atoms with E-state index in [1.165, 1.54) is 0 Å². The highest BCUT2D eigenvalue weighted by Crippen LogP contribution is 2.08. The number of carbonyl (C=O) groups is 2. The molecular formula is C12H16N2O4. The second kappa shape index (κ2) is 6.13. The fraction of sp³-hybridized carbons (Fsp3) is 0.333. The third-order valence-electron chi connectivity index (χ3n) is 2.62. The molecular weight excluding hydrogens is 236 g/mol. The minimum Gasteiger partial charge on any atom is -0.544 e. The number of hydrogen-bond donors (Lipinski definition) is 2. The van der Waals surface area contributed by atoms with Crippen molar-refractivity contribution in [1.29, 1.82) is 0 Å². The van der Waals surface area contributed by atoms with Gasteiger partial charge in [0.2, 0.25) is 0 Å². The Bertz CT molecular complexity index is 410. The SMILES string of the molecule is [NH3+][C@H](Cc1cccc(C[C@@H]([NH3+])C(=O)[O-])c1)C(=O)[O-]. The van der Waals surface area contributed by atoms with Crippen LogP contribution in [0, 0.1) is 0 Å². The van der Waals surface area contributed by atoms with Crippen molar-refractivity contribution in [3.8, 4) is 0 Å². The van der Waals surface area contributed by atoms with E-state index in [0.717, 1.165) is 11.1 Å². The van der Waals surface area contributed by atoms with Gasteiger partial charge in [-0.1, -0.05) is 24.3 Å². The van der Waals surface area contributed by atoms with E-state index in [2.05, 4.69) is 11.5 Å². The zero-order valence-electron chi connectivity index (χ0n) is 9.93. The Hall–Kier alpha value is -1.92. The summed E-state index contributed by atoms with van der Waals surface area (Å²) < 4.78 is 0. The molecule has 0 heterocycles. The Labute approximate surface area is 104 Å². The number of aliphatic carboxylic acids is 2. The van der Waals surface area contributed by atoms with E-state index in [9.17, 15) is 19.8 Å². The summed E-state index contributed by atoms with van der Waals surface area (Å²) in [6.45, 7) is 0. The molecule has 0 saturated heterocycles. The van der Waals surface area contributed by atoms with Crippen LogP contribution in [0.1, 0.15) is 11.1 Å². The number of carboxylic acid groups (broad SMARTS) is 2. The summed E-state index contributed by atoms with van der Waals surface area (Å²) in [5, 5.41) is 21.2. The minimum absolute atomic E-state index is 0.253. The van der Waals surface area contributed by atoms with Gasteiger partial charge in [-0.15, -0.1) is 0 Å². The maximum atomic E-state index is 10.6. The number of rotatable bonds is 6. The first-order valence-corrected chi connectivity index (χ1v) is 5.56. The molecule has 0 aromatic heterocycles. The molecule has 6 N–H and O–H groups in total. The van der Waals surface area contributed by atoms with Gasteiger partial charge in [-0.2, -0.15) is 0 Å². The van der Waals surface area contributed by atoms with Crippen LogP contribution in [0.2, 0.25) is 0 Å². The van der Waals surface area contributed by atoms with E-state index in [-0.39, 0.29) is 12.8 Å². The predicted octanol–water partition coefficient (Wildman–Crippen LogP) is -4.51. The summed E-state index contributed by atoms with van der Waals surface area (Å²) in [6.07, 6.45) is 0.507. The topological polar surface area (TPSA) is 136 Å². The van der Waals surface area contributed by atoms with E-state index >= 15 is 0 Å². The number of carbonyl (C=O) groups excluding carboxylic acids is 2. The van der Waals surface area contributed by atoms with Gasteiger partial charge in [-0.25, -0.2) is 0 Å². The Kier molecular flexibility index (Phi) is 4.82. The smallest absolute Gasteiger partial charge is 0.129 e. The minimum atomic E-state index is -1.20. The molecule has 0 spiro atoms. The molecule has 0 bridgehead atoms. The first-order valence-electron chi connectivity index (χ1n) is 5.56. The van der Waals surface area contributed by atoms with Crippen LogP contribution in [-0.4, -0.2) is 24.0 Å². The van der Waals surface area contributed by atoms with Crippen LogP contribution < -0.4 is 21.7 Å². The summed E-state index contributed by atoms with van der Waals surface area (Å²) in [5.41, 5.74) is 8.51. The van der Waals surface area contributed by atoms with Crippen molar-refractivity contribution in [1.82, 2.24) is 0 Å². The number of hydrogen-bond acceptors (Lipinski definition) is 4. The normalized spacial score (nSPS) is 13.9. The monoisotopic (exact) mass is 252 g/mol. The summed E-state index contributed by atoms with van der Waals surface area (Å²) >= 11 is 0. The lowest BCUT2D eigenvalue weighted by atomic mass is 10.0. The van der Waals surface area contributed by atoms with Crippen LogP contribution >= 0.6 is 0 Å². The van der Waals surface area contributed by atoms with Gasteiger partial charge >= 0.3 is 0 Å². The molecule has 1 rings (SSSR count).